The number of piperazine rings is 1. The number of carbonyl (C=O) groups is 1. The van der Waals surface area contributed by atoms with E-state index in [2.05, 4.69) is 20.8 Å². The third-order valence-corrected chi connectivity index (χ3v) is 3.92. The fraction of sp³-hybridized carbons (Fsp3) is 0.562. The van der Waals surface area contributed by atoms with E-state index in [1.165, 1.54) is 12.1 Å². The average Bonchev–Trinajstić information content (AvgIpc) is 2.35. The summed E-state index contributed by atoms with van der Waals surface area (Å²) in [5, 5.41) is 0. The second kappa shape index (κ2) is 6.44. The van der Waals surface area contributed by atoms with Crippen molar-refractivity contribution in [2.24, 2.45) is 0 Å². The highest BCUT2D eigenvalue weighted by atomic mass is 79.9. The molecule has 22 heavy (non-hydrogen) atoms. The lowest BCUT2D eigenvalue weighted by Gasteiger charge is -2.41. The molecule has 1 unspecified atom stereocenters. The Labute approximate surface area is 139 Å². The van der Waals surface area contributed by atoms with Gasteiger partial charge in [-0.3, -0.25) is 0 Å². The van der Waals surface area contributed by atoms with Gasteiger partial charge in [-0.2, -0.15) is 0 Å². The van der Waals surface area contributed by atoms with Crippen molar-refractivity contribution in [2.45, 2.75) is 39.3 Å². The SMILES string of the molecule is CC1CN(C(=O)OC(C)(C)C)CCN1c1cc(F)cc(Br)c1. The highest BCUT2D eigenvalue weighted by molar-refractivity contribution is 9.10. The number of benzene rings is 1. The van der Waals surface area contributed by atoms with Crippen LogP contribution in [-0.4, -0.2) is 42.3 Å². The van der Waals surface area contributed by atoms with Gasteiger partial charge in [0.05, 0.1) is 0 Å². The molecule has 1 amide bonds. The molecule has 0 spiro atoms. The maximum atomic E-state index is 13.6. The molecule has 1 aliphatic rings. The van der Waals surface area contributed by atoms with Gasteiger partial charge in [-0.1, -0.05) is 15.9 Å². The second-order valence-electron chi connectivity index (χ2n) is 6.60. The zero-order valence-electron chi connectivity index (χ0n) is 13.4. The summed E-state index contributed by atoms with van der Waals surface area (Å²) in [5.41, 5.74) is 0.327. The summed E-state index contributed by atoms with van der Waals surface area (Å²) in [6.07, 6.45) is -0.292. The molecule has 0 radical (unpaired) electrons. The number of ether oxygens (including phenoxy) is 1. The lowest BCUT2D eigenvalue weighted by atomic mass is 10.1. The minimum Gasteiger partial charge on any atom is -0.444 e. The summed E-state index contributed by atoms with van der Waals surface area (Å²) in [6.45, 7) is 9.36. The number of amides is 1. The molecule has 0 saturated carbocycles. The monoisotopic (exact) mass is 372 g/mol. The Morgan fingerprint density at radius 3 is 2.55 bits per heavy atom. The maximum absolute atomic E-state index is 13.6. The first-order valence-electron chi connectivity index (χ1n) is 7.36. The first-order chi connectivity index (χ1) is 10.2. The van der Waals surface area contributed by atoms with Gasteiger partial charge in [-0.05, 0) is 45.9 Å². The summed E-state index contributed by atoms with van der Waals surface area (Å²) in [5.74, 6) is -0.272. The van der Waals surface area contributed by atoms with Crippen molar-refractivity contribution >= 4 is 27.7 Å². The van der Waals surface area contributed by atoms with Gasteiger partial charge < -0.3 is 14.5 Å². The topological polar surface area (TPSA) is 32.8 Å². The molecule has 0 N–H and O–H groups in total. The smallest absolute Gasteiger partial charge is 0.410 e. The molecular formula is C16H22BrFN2O2. The first-order valence-corrected chi connectivity index (χ1v) is 8.16. The number of nitrogens with zero attached hydrogens (tertiary/aromatic N) is 2. The van der Waals surface area contributed by atoms with E-state index in [1.54, 1.807) is 4.90 Å². The number of rotatable bonds is 1. The summed E-state index contributed by atoms with van der Waals surface area (Å²) in [4.78, 5) is 15.9. The second-order valence-corrected chi connectivity index (χ2v) is 7.51. The van der Waals surface area contributed by atoms with Gasteiger partial charge in [-0.25, -0.2) is 9.18 Å². The summed E-state index contributed by atoms with van der Waals surface area (Å²) in [7, 11) is 0. The van der Waals surface area contributed by atoms with Crippen LogP contribution < -0.4 is 4.90 Å². The van der Waals surface area contributed by atoms with Crippen LogP contribution in [0.4, 0.5) is 14.9 Å². The quantitative estimate of drug-likeness (QED) is 0.745. The third-order valence-electron chi connectivity index (χ3n) is 3.46. The van der Waals surface area contributed by atoms with Crippen LogP contribution in [0.25, 0.3) is 0 Å². The number of hydrogen-bond acceptors (Lipinski definition) is 3. The molecule has 1 aromatic carbocycles. The Kier molecular flexibility index (Phi) is 5.00. The summed E-state index contributed by atoms with van der Waals surface area (Å²) in [6, 6.07) is 4.94. The first kappa shape index (κ1) is 17.1. The molecule has 1 heterocycles. The molecular weight excluding hydrogens is 351 g/mol. The summed E-state index contributed by atoms with van der Waals surface area (Å²) < 4.78 is 19.7. The van der Waals surface area contributed by atoms with Gasteiger partial charge in [0.1, 0.15) is 11.4 Å². The van der Waals surface area contributed by atoms with Crippen molar-refractivity contribution in [3.05, 3.63) is 28.5 Å². The highest BCUT2D eigenvalue weighted by Crippen LogP contribution is 2.26. The van der Waals surface area contributed by atoms with Crippen molar-refractivity contribution < 1.29 is 13.9 Å². The Morgan fingerprint density at radius 1 is 1.32 bits per heavy atom. The van der Waals surface area contributed by atoms with E-state index < -0.39 is 5.60 Å². The molecule has 4 nitrogen and oxygen atoms in total. The zero-order chi connectivity index (χ0) is 16.5. The van der Waals surface area contributed by atoms with Crippen molar-refractivity contribution in [2.75, 3.05) is 24.5 Å². The van der Waals surface area contributed by atoms with E-state index in [-0.39, 0.29) is 18.0 Å². The lowest BCUT2D eigenvalue weighted by molar-refractivity contribution is 0.0219. The van der Waals surface area contributed by atoms with E-state index in [0.717, 1.165) is 5.69 Å². The predicted octanol–water partition coefficient (Wildman–Crippen LogP) is 4.03. The minimum absolute atomic E-state index is 0.0926. The maximum Gasteiger partial charge on any atom is 0.410 e. The molecule has 1 aromatic rings. The van der Waals surface area contributed by atoms with E-state index in [4.69, 9.17) is 4.74 Å². The Morgan fingerprint density at radius 2 is 2.00 bits per heavy atom. The van der Waals surface area contributed by atoms with Gasteiger partial charge in [0.15, 0.2) is 0 Å². The van der Waals surface area contributed by atoms with Gasteiger partial charge in [0.2, 0.25) is 0 Å². The molecule has 0 bridgehead atoms. The van der Waals surface area contributed by atoms with Gasteiger partial charge in [0, 0.05) is 35.8 Å². The van der Waals surface area contributed by atoms with E-state index in [0.29, 0.717) is 24.1 Å². The Balaban J connectivity index is 2.05. The summed E-state index contributed by atoms with van der Waals surface area (Å²) >= 11 is 3.32. The minimum atomic E-state index is -0.495. The number of anilines is 1. The van der Waals surface area contributed by atoms with Crippen LogP contribution in [0, 0.1) is 5.82 Å². The number of carbonyl (C=O) groups excluding carboxylic acids is 1. The molecule has 1 fully saturated rings. The normalized spacial score (nSPS) is 19.3. The molecule has 0 aliphatic carbocycles. The molecule has 1 aliphatic heterocycles. The van der Waals surface area contributed by atoms with Crippen molar-refractivity contribution in [1.29, 1.82) is 0 Å². The Hall–Kier alpha value is -1.30. The van der Waals surface area contributed by atoms with Gasteiger partial charge >= 0.3 is 6.09 Å². The van der Waals surface area contributed by atoms with Crippen LogP contribution in [0.5, 0.6) is 0 Å². The van der Waals surface area contributed by atoms with Crippen molar-refractivity contribution in [1.82, 2.24) is 4.90 Å². The van der Waals surface area contributed by atoms with Crippen LogP contribution in [-0.2, 0) is 4.74 Å². The zero-order valence-corrected chi connectivity index (χ0v) is 15.0. The van der Waals surface area contributed by atoms with Crippen LogP contribution in [0.15, 0.2) is 22.7 Å². The standard InChI is InChI=1S/C16H22BrFN2O2/c1-11-10-19(15(21)22-16(2,3)4)5-6-20(11)14-8-12(17)7-13(18)9-14/h7-9,11H,5-6,10H2,1-4H3. The average molecular weight is 373 g/mol. The van der Waals surface area contributed by atoms with Gasteiger partial charge in [-0.15, -0.1) is 0 Å². The lowest BCUT2D eigenvalue weighted by Crippen LogP contribution is -2.54. The van der Waals surface area contributed by atoms with Crippen LogP contribution in [0.3, 0.4) is 0 Å². The van der Waals surface area contributed by atoms with E-state index >= 15 is 0 Å². The van der Waals surface area contributed by atoms with E-state index in [9.17, 15) is 9.18 Å². The van der Waals surface area contributed by atoms with E-state index in [1.807, 2.05) is 33.8 Å². The fourth-order valence-electron chi connectivity index (χ4n) is 2.54. The molecule has 1 atom stereocenters. The number of halogens is 2. The predicted molar refractivity (Wildman–Crippen MR) is 88.7 cm³/mol. The largest absolute Gasteiger partial charge is 0.444 e. The highest BCUT2D eigenvalue weighted by Gasteiger charge is 2.30. The molecule has 122 valence electrons. The Bertz CT molecular complexity index is 539. The molecule has 2 rings (SSSR count). The number of hydrogen-bond donors (Lipinski definition) is 0. The molecule has 0 aromatic heterocycles. The fourth-order valence-corrected chi connectivity index (χ4v) is 2.99. The van der Waals surface area contributed by atoms with Crippen LogP contribution >= 0.6 is 15.9 Å². The van der Waals surface area contributed by atoms with Crippen LogP contribution in [0.1, 0.15) is 27.7 Å². The molecule has 1 saturated heterocycles. The van der Waals surface area contributed by atoms with Gasteiger partial charge in [0.25, 0.3) is 0 Å². The molecule has 6 heteroatoms. The third kappa shape index (κ3) is 4.35. The van der Waals surface area contributed by atoms with Crippen molar-refractivity contribution in [3.8, 4) is 0 Å². The van der Waals surface area contributed by atoms with Crippen molar-refractivity contribution in [3.63, 3.8) is 0 Å². The van der Waals surface area contributed by atoms with Crippen LogP contribution in [0.2, 0.25) is 0 Å².